The van der Waals surface area contributed by atoms with Gasteiger partial charge in [-0.3, -0.25) is 15.0 Å². The number of aliphatic hydroxyl groups excluding tert-OH is 6. The highest BCUT2D eigenvalue weighted by Gasteiger charge is 2.54. The molecular formula is C33H61N7O16. The number of methoxy groups -OCH3 is 1. The maximum atomic E-state index is 14.1. The number of guanidine groups is 1. The minimum absolute atomic E-state index is 0.0380. The van der Waals surface area contributed by atoms with Gasteiger partial charge in [0.1, 0.15) is 72.6 Å². The van der Waals surface area contributed by atoms with Crippen molar-refractivity contribution >= 4 is 23.9 Å². The molecular weight excluding hydrogens is 750 g/mol. The molecule has 3 saturated heterocycles. The summed E-state index contributed by atoms with van der Waals surface area (Å²) in [5, 5.41) is 82.4. The van der Waals surface area contributed by atoms with E-state index in [1.54, 1.807) is 27.7 Å². The second kappa shape index (κ2) is 21.1. The average molecular weight is 812 g/mol. The Morgan fingerprint density at radius 1 is 0.839 bits per heavy atom. The predicted molar refractivity (Wildman–Crippen MR) is 191 cm³/mol. The molecule has 23 heteroatoms. The van der Waals surface area contributed by atoms with E-state index < -0.39 is 141 Å². The molecule has 15 unspecified atom stereocenters. The lowest BCUT2D eigenvalue weighted by Crippen LogP contribution is -2.71. The second-order valence-corrected chi connectivity index (χ2v) is 14.9. The average Bonchev–Trinajstić information content (AvgIpc) is 3.11. The first kappa shape index (κ1) is 47.3. The van der Waals surface area contributed by atoms with Crippen LogP contribution in [0.1, 0.15) is 47.5 Å². The first-order valence-corrected chi connectivity index (χ1v) is 18.3. The molecule has 324 valence electrons. The molecule has 0 aromatic rings. The highest BCUT2D eigenvalue weighted by molar-refractivity contribution is 5.86. The predicted octanol–water partition coefficient (Wildman–Crippen LogP) is -5.46. The van der Waals surface area contributed by atoms with E-state index in [1.165, 1.54) is 14.0 Å². The number of hydrogen-bond donors (Lipinski definition) is 13. The number of carbonyl (C=O) groups excluding carboxylic acids is 3. The van der Waals surface area contributed by atoms with E-state index in [1.807, 2.05) is 0 Å². The maximum Gasteiger partial charge on any atom is 0.408 e. The number of rotatable bonds is 16. The summed E-state index contributed by atoms with van der Waals surface area (Å²) in [5.74, 6) is -1.72. The van der Waals surface area contributed by atoms with Crippen LogP contribution in [0.3, 0.4) is 0 Å². The quantitative estimate of drug-likeness (QED) is 0.0393. The van der Waals surface area contributed by atoms with Crippen molar-refractivity contribution in [3.05, 3.63) is 0 Å². The molecule has 3 amide bonds. The molecule has 3 heterocycles. The molecule has 0 radical (unpaired) electrons. The minimum atomic E-state index is -1.86. The van der Waals surface area contributed by atoms with Crippen LogP contribution in [-0.2, 0) is 42.7 Å². The smallest absolute Gasteiger partial charge is 0.408 e. The van der Waals surface area contributed by atoms with Crippen LogP contribution < -0.4 is 32.7 Å². The van der Waals surface area contributed by atoms with Gasteiger partial charge in [-0.15, -0.1) is 0 Å². The summed E-state index contributed by atoms with van der Waals surface area (Å²) in [7, 11) is 1.28. The molecule has 16 atom stereocenters. The minimum Gasteiger partial charge on any atom is -0.444 e. The Kier molecular flexibility index (Phi) is 17.8. The van der Waals surface area contributed by atoms with Gasteiger partial charge in [-0.25, -0.2) is 4.79 Å². The fraction of sp³-hybridized carbons (Fsp3) is 0.879. The molecule has 3 rings (SSSR count). The highest BCUT2D eigenvalue weighted by atomic mass is 16.7. The number of nitrogens with one attached hydrogen (secondary N) is 5. The number of aliphatic hydroxyl groups is 6. The molecule has 0 bridgehead atoms. The van der Waals surface area contributed by atoms with Crippen molar-refractivity contribution in [3.63, 3.8) is 0 Å². The molecule has 56 heavy (non-hydrogen) atoms. The third-order valence-electron chi connectivity index (χ3n) is 9.43. The maximum absolute atomic E-state index is 14.1. The summed E-state index contributed by atoms with van der Waals surface area (Å²) in [6, 6.07) is -5.33. The van der Waals surface area contributed by atoms with Crippen molar-refractivity contribution in [3.8, 4) is 0 Å². The fourth-order valence-corrected chi connectivity index (χ4v) is 6.72. The Morgan fingerprint density at radius 2 is 1.38 bits per heavy atom. The van der Waals surface area contributed by atoms with Gasteiger partial charge in [0.15, 0.2) is 18.5 Å². The molecule has 15 N–H and O–H groups in total. The van der Waals surface area contributed by atoms with Gasteiger partial charge in [-0.2, -0.15) is 0 Å². The van der Waals surface area contributed by atoms with Crippen molar-refractivity contribution in [1.82, 2.24) is 21.3 Å². The molecule has 0 aliphatic carbocycles. The number of ether oxygens (including phenoxy) is 7. The van der Waals surface area contributed by atoms with E-state index in [9.17, 15) is 45.0 Å². The van der Waals surface area contributed by atoms with Crippen LogP contribution in [0.2, 0.25) is 0 Å². The molecule has 0 aromatic carbocycles. The first-order valence-electron chi connectivity index (χ1n) is 18.3. The zero-order valence-corrected chi connectivity index (χ0v) is 32.4. The van der Waals surface area contributed by atoms with Crippen LogP contribution in [0, 0.1) is 5.41 Å². The fourth-order valence-electron chi connectivity index (χ4n) is 6.72. The van der Waals surface area contributed by atoms with Crippen LogP contribution in [0.25, 0.3) is 0 Å². The van der Waals surface area contributed by atoms with E-state index in [0.29, 0.717) is 0 Å². The molecule has 0 saturated carbocycles. The van der Waals surface area contributed by atoms with Crippen LogP contribution >= 0.6 is 0 Å². The summed E-state index contributed by atoms with van der Waals surface area (Å²) in [5.41, 5.74) is 10.7. The number of alkyl carbamates (subject to hydrolysis) is 1. The Balaban J connectivity index is 2.01. The number of carbonyl (C=O) groups is 3. The molecule has 23 nitrogen and oxygen atoms in total. The van der Waals surface area contributed by atoms with Crippen LogP contribution in [0.15, 0.2) is 0 Å². The topological polar surface area (TPSA) is 361 Å². The van der Waals surface area contributed by atoms with Crippen molar-refractivity contribution < 1.29 is 78.2 Å². The van der Waals surface area contributed by atoms with Gasteiger partial charge in [0.05, 0.1) is 38.0 Å². The van der Waals surface area contributed by atoms with Gasteiger partial charge in [0.25, 0.3) is 0 Å². The van der Waals surface area contributed by atoms with Crippen LogP contribution in [-0.4, -0.2) is 191 Å². The SMILES string of the molecule is COC1C(CO)OC(OC2C(CO)OC(OC3C(CO)OC(C)C(NC(C)=O)C3O)C(NC(=O)[C@H](CCCNC(=N)N)NC(=O)OC(C)(C)C)C2O)C(N)C1O. The Bertz CT molecular complexity index is 1300. The van der Waals surface area contributed by atoms with E-state index in [4.69, 9.17) is 50.0 Å². The summed E-state index contributed by atoms with van der Waals surface area (Å²) >= 11 is 0. The Morgan fingerprint density at radius 3 is 1.91 bits per heavy atom. The summed E-state index contributed by atoms with van der Waals surface area (Å²) in [6.45, 7) is 5.66. The van der Waals surface area contributed by atoms with E-state index in [2.05, 4.69) is 21.3 Å². The highest BCUT2D eigenvalue weighted by Crippen LogP contribution is 2.33. The van der Waals surface area contributed by atoms with Crippen molar-refractivity contribution in [2.45, 2.75) is 151 Å². The number of amides is 3. The first-order chi connectivity index (χ1) is 26.3. The van der Waals surface area contributed by atoms with Gasteiger partial charge in [0.2, 0.25) is 11.8 Å². The molecule has 0 aromatic heterocycles. The summed E-state index contributed by atoms with van der Waals surface area (Å²) in [4.78, 5) is 38.9. The van der Waals surface area contributed by atoms with Crippen molar-refractivity contribution in [2.24, 2.45) is 11.5 Å². The third kappa shape index (κ3) is 12.5. The molecule has 3 fully saturated rings. The van der Waals surface area contributed by atoms with E-state index in [-0.39, 0.29) is 25.3 Å². The Labute approximate surface area is 324 Å². The van der Waals surface area contributed by atoms with Crippen LogP contribution in [0.5, 0.6) is 0 Å². The monoisotopic (exact) mass is 811 g/mol. The zero-order valence-electron chi connectivity index (χ0n) is 32.4. The van der Waals surface area contributed by atoms with Gasteiger partial charge >= 0.3 is 6.09 Å². The van der Waals surface area contributed by atoms with E-state index in [0.717, 1.165) is 0 Å². The summed E-state index contributed by atoms with van der Waals surface area (Å²) in [6.07, 6.45) is -17.6. The largest absolute Gasteiger partial charge is 0.444 e. The zero-order chi connectivity index (χ0) is 42.1. The summed E-state index contributed by atoms with van der Waals surface area (Å²) < 4.78 is 40.4. The lowest BCUT2D eigenvalue weighted by Gasteiger charge is -2.50. The standard InChI is InChI=1S/C33H61N7O16/c1-13-20(38-14(2)44)23(46)26(17(11-42)51-13)55-30-21(40-28(48)15(8-7-9-37-31(35)36)39-32(49)56-33(3,4)5)24(47)27(18(12-43)53-30)54-29-19(34)22(45)25(50-6)16(10-41)52-29/h13,15-27,29-30,41-43,45-47H,7-12,34H2,1-6H3,(H,38,44)(H,39,49)(H,40,48)(H4,35,36,37)/t13?,15-,16?,17?,18?,19?,20?,21?,22?,23?,24?,25?,26?,27?,29?,30?/m0/s1. The normalized spacial score (nSPS) is 36.8. The van der Waals surface area contributed by atoms with Gasteiger partial charge < -0.3 is 96.5 Å². The lowest BCUT2D eigenvalue weighted by atomic mass is 9.92. The van der Waals surface area contributed by atoms with Crippen LogP contribution in [0.4, 0.5) is 4.79 Å². The van der Waals surface area contributed by atoms with Crippen molar-refractivity contribution in [2.75, 3.05) is 33.5 Å². The Hall–Kier alpha value is -3.04. The molecule has 3 aliphatic heterocycles. The van der Waals surface area contributed by atoms with Crippen molar-refractivity contribution in [1.29, 1.82) is 5.41 Å². The lowest BCUT2D eigenvalue weighted by molar-refractivity contribution is -0.346. The number of hydrogen-bond acceptors (Lipinski definition) is 18. The molecule has 0 spiro atoms. The van der Waals surface area contributed by atoms with Gasteiger partial charge in [-0.05, 0) is 40.5 Å². The van der Waals surface area contributed by atoms with E-state index >= 15 is 0 Å². The number of nitrogens with two attached hydrogens (primary N) is 2. The van der Waals surface area contributed by atoms with Gasteiger partial charge in [0, 0.05) is 20.6 Å². The molecule has 3 aliphatic rings. The second-order valence-electron chi connectivity index (χ2n) is 14.9. The third-order valence-corrected chi connectivity index (χ3v) is 9.43. The van der Waals surface area contributed by atoms with Gasteiger partial charge in [-0.1, -0.05) is 0 Å².